The summed E-state index contributed by atoms with van der Waals surface area (Å²) in [6, 6.07) is 5.60. The van der Waals surface area contributed by atoms with Crippen LogP contribution in [0.5, 0.6) is 0 Å². The number of rotatable bonds is 5. The molecule has 2 N–H and O–H groups in total. The number of nitrogens with zero attached hydrogens (tertiary/aromatic N) is 4. The molecule has 0 saturated carbocycles. The van der Waals surface area contributed by atoms with Crippen LogP contribution in [-0.4, -0.2) is 38.5 Å². The third-order valence-electron chi connectivity index (χ3n) is 3.83. The number of primary amides is 1. The van der Waals surface area contributed by atoms with Gasteiger partial charge in [0, 0.05) is 17.7 Å². The van der Waals surface area contributed by atoms with Crippen LogP contribution in [0.2, 0.25) is 0 Å². The molecule has 0 spiro atoms. The molecule has 9 heteroatoms. The molecule has 9 nitrogen and oxygen atoms in total. The summed E-state index contributed by atoms with van der Waals surface area (Å²) in [7, 11) is 0. The maximum absolute atomic E-state index is 11.4. The molecule has 2 heterocycles. The number of likely N-dealkylation sites (tertiary alicyclic amines) is 1. The lowest BCUT2D eigenvalue weighted by Crippen LogP contribution is -2.39. The Morgan fingerprint density at radius 1 is 1.43 bits per heavy atom. The molecular weight excluding hydrogens is 302 g/mol. The van der Waals surface area contributed by atoms with Crippen LogP contribution in [-0.2, 0) is 11.3 Å². The van der Waals surface area contributed by atoms with Crippen molar-refractivity contribution in [2.75, 3.05) is 6.54 Å². The summed E-state index contributed by atoms with van der Waals surface area (Å²) in [5.74, 6) is 0.383. The molecule has 1 aromatic heterocycles. The van der Waals surface area contributed by atoms with Gasteiger partial charge < -0.3 is 10.3 Å². The van der Waals surface area contributed by atoms with Crippen molar-refractivity contribution in [2.45, 2.75) is 25.4 Å². The second kappa shape index (κ2) is 6.13. The summed E-state index contributed by atoms with van der Waals surface area (Å²) in [4.78, 5) is 27.7. The zero-order valence-corrected chi connectivity index (χ0v) is 12.2. The van der Waals surface area contributed by atoms with E-state index in [0.717, 1.165) is 19.4 Å². The zero-order chi connectivity index (χ0) is 16.4. The highest BCUT2D eigenvalue weighted by Crippen LogP contribution is 2.22. The van der Waals surface area contributed by atoms with E-state index in [2.05, 4.69) is 10.1 Å². The van der Waals surface area contributed by atoms with Gasteiger partial charge in [0.05, 0.1) is 17.5 Å². The number of hydrogen-bond donors (Lipinski definition) is 1. The summed E-state index contributed by atoms with van der Waals surface area (Å²) in [5.41, 5.74) is 6.00. The van der Waals surface area contributed by atoms with Gasteiger partial charge in [0.25, 0.3) is 5.69 Å². The van der Waals surface area contributed by atoms with Gasteiger partial charge in [0.2, 0.25) is 17.6 Å². The number of aromatic nitrogens is 2. The van der Waals surface area contributed by atoms with Crippen molar-refractivity contribution < 1.29 is 14.2 Å². The first kappa shape index (κ1) is 15.1. The summed E-state index contributed by atoms with van der Waals surface area (Å²) < 4.78 is 5.20. The first-order valence-electron chi connectivity index (χ1n) is 7.15. The van der Waals surface area contributed by atoms with Crippen LogP contribution in [0.25, 0.3) is 11.4 Å². The largest absolute Gasteiger partial charge is 0.368 e. The molecule has 1 fully saturated rings. The van der Waals surface area contributed by atoms with Crippen LogP contribution in [0.1, 0.15) is 18.7 Å². The molecule has 0 bridgehead atoms. The smallest absolute Gasteiger partial charge is 0.269 e. The van der Waals surface area contributed by atoms with Gasteiger partial charge in [-0.1, -0.05) is 5.16 Å². The Labute approximate surface area is 131 Å². The van der Waals surface area contributed by atoms with Gasteiger partial charge in [0.1, 0.15) is 0 Å². The first-order chi connectivity index (χ1) is 11.0. The molecule has 1 unspecified atom stereocenters. The van der Waals surface area contributed by atoms with Crippen molar-refractivity contribution in [3.8, 4) is 11.4 Å². The number of hydrogen-bond acceptors (Lipinski definition) is 7. The number of nitrogens with two attached hydrogens (primary N) is 1. The molecule has 1 aliphatic rings. The van der Waals surface area contributed by atoms with Gasteiger partial charge >= 0.3 is 0 Å². The number of carbonyl (C=O) groups is 1. The van der Waals surface area contributed by atoms with Gasteiger partial charge in [-0.25, -0.2) is 0 Å². The molecule has 2 aromatic rings. The van der Waals surface area contributed by atoms with Crippen LogP contribution in [0.4, 0.5) is 5.69 Å². The van der Waals surface area contributed by atoms with Crippen LogP contribution in [0.3, 0.4) is 0 Å². The van der Waals surface area contributed by atoms with Crippen LogP contribution >= 0.6 is 0 Å². The van der Waals surface area contributed by atoms with E-state index in [0.29, 0.717) is 23.8 Å². The van der Waals surface area contributed by atoms with Crippen molar-refractivity contribution >= 4 is 11.6 Å². The predicted molar refractivity (Wildman–Crippen MR) is 79.0 cm³/mol. The number of benzene rings is 1. The van der Waals surface area contributed by atoms with Crippen molar-refractivity contribution in [1.82, 2.24) is 15.0 Å². The highest BCUT2D eigenvalue weighted by Gasteiger charge is 2.30. The van der Waals surface area contributed by atoms with E-state index >= 15 is 0 Å². The van der Waals surface area contributed by atoms with Crippen molar-refractivity contribution in [1.29, 1.82) is 0 Å². The second-order valence-corrected chi connectivity index (χ2v) is 5.35. The van der Waals surface area contributed by atoms with Gasteiger partial charge in [-0.3, -0.25) is 19.8 Å². The van der Waals surface area contributed by atoms with E-state index in [1.54, 1.807) is 12.1 Å². The molecule has 1 amide bonds. The number of nitro groups is 1. The van der Waals surface area contributed by atoms with E-state index in [-0.39, 0.29) is 17.6 Å². The van der Waals surface area contributed by atoms with Crippen molar-refractivity contribution in [3.05, 3.63) is 40.3 Å². The SMILES string of the molecule is NC(=O)C1CCCN1Cc1nc(-c2ccc([N+](=O)[O-])cc2)no1. The molecule has 23 heavy (non-hydrogen) atoms. The van der Waals surface area contributed by atoms with Gasteiger partial charge in [-0.05, 0) is 31.5 Å². The summed E-state index contributed by atoms with van der Waals surface area (Å²) in [6.07, 6.45) is 1.63. The number of amides is 1. The van der Waals surface area contributed by atoms with Gasteiger partial charge in [0.15, 0.2) is 0 Å². The lowest BCUT2D eigenvalue weighted by molar-refractivity contribution is -0.384. The first-order valence-corrected chi connectivity index (χ1v) is 7.15. The molecule has 120 valence electrons. The quantitative estimate of drug-likeness (QED) is 0.645. The molecule has 1 aliphatic heterocycles. The van der Waals surface area contributed by atoms with E-state index in [1.807, 2.05) is 4.90 Å². The van der Waals surface area contributed by atoms with Crippen LogP contribution < -0.4 is 5.73 Å². The monoisotopic (exact) mass is 317 g/mol. The summed E-state index contributed by atoms with van der Waals surface area (Å²) in [5, 5.41) is 14.5. The van der Waals surface area contributed by atoms with E-state index < -0.39 is 4.92 Å². The molecular formula is C14H15N5O4. The molecule has 1 atom stereocenters. The van der Waals surface area contributed by atoms with E-state index in [4.69, 9.17) is 10.3 Å². The second-order valence-electron chi connectivity index (χ2n) is 5.35. The topological polar surface area (TPSA) is 128 Å². The highest BCUT2D eigenvalue weighted by molar-refractivity contribution is 5.80. The summed E-state index contributed by atoms with van der Waals surface area (Å²) >= 11 is 0. The van der Waals surface area contributed by atoms with Crippen LogP contribution in [0, 0.1) is 10.1 Å². The maximum Gasteiger partial charge on any atom is 0.269 e. The predicted octanol–water partition coefficient (Wildman–Crippen LogP) is 1.09. The van der Waals surface area contributed by atoms with Crippen molar-refractivity contribution in [2.24, 2.45) is 5.73 Å². The average Bonchev–Trinajstić information content (AvgIpc) is 3.17. The fraction of sp³-hybridized carbons (Fsp3) is 0.357. The summed E-state index contributed by atoms with van der Waals surface area (Å²) in [6.45, 7) is 1.11. The molecule has 0 aliphatic carbocycles. The van der Waals surface area contributed by atoms with E-state index in [9.17, 15) is 14.9 Å². The Hall–Kier alpha value is -2.81. The Morgan fingerprint density at radius 2 is 2.17 bits per heavy atom. The van der Waals surface area contributed by atoms with Gasteiger partial charge in [-0.15, -0.1) is 0 Å². The Morgan fingerprint density at radius 3 is 2.83 bits per heavy atom. The fourth-order valence-electron chi connectivity index (χ4n) is 2.68. The molecule has 1 aromatic carbocycles. The third-order valence-corrected chi connectivity index (χ3v) is 3.83. The number of carbonyl (C=O) groups excluding carboxylic acids is 1. The Kier molecular flexibility index (Phi) is 4.02. The zero-order valence-electron chi connectivity index (χ0n) is 12.2. The molecule has 3 rings (SSSR count). The van der Waals surface area contributed by atoms with Crippen molar-refractivity contribution in [3.63, 3.8) is 0 Å². The fourth-order valence-corrected chi connectivity index (χ4v) is 2.68. The highest BCUT2D eigenvalue weighted by atomic mass is 16.6. The minimum atomic E-state index is -0.469. The minimum absolute atomic E-state index is 0.00108. The number of non-ortho nitro benzene ring substituents is 1. The Bertz CT molecular complexity index is 727. The van der Waals surface area contributed by atoms with E-state index in [1.165, 1.54) is 12.1 Å². The molecule has 0 radical (unpaired) electrons. The standard InChI is InChI=1S/C14H15N5O4/c15-13(20)11-2-1-7-18(11)8-12-16-14(17-23-12)9-3-5-10(6-4-9)19(21)22/h3-6,11H,1-2,7-8H2,(H2,15,20). The third kappa shape index (κ3) is 3.19. The minimum Gasteiger partial charge on any atom is -0.368 e. The Balaban J connectivity index is 1.73. The normalized spacial score (nSPS) is 18.2. The lowest BCUT2D eigenvalue weighted by atomic mass is 10.2. The lowest BCUT2D eigenvalue weighted by Gasteiger charge is -2.19. The molecule has 1 saturated heterocycles. The number of nitro benzene ring substituents is 1. The van der Waals surface area contributed by atoms with Gasteiger partial charge in [-0.2, -0.15) is 4.98 Å². The maximum atomic E-state index is 11.4. The average molecular weight is 317 g/mol. The van der Waals surface area contributed by atoms with Crippen LogP contribution in [0.15, 0.2) is 28.8 Å².